The number of hydrogen-bond donors (Lipinski definition) is 2. The van der Waals surface area contributed by atoms with E-state index >= 15 is 0 Å². The number of hydrogen-bond acceptors (Lipinski definition) is 3. The van der Waals surface area contributed by atoms with Gasteiger partial charge in [0.2, 0.25) is 5.91 Å². The Kier molecular flexibility index (Phi) is 7.69. The molecule has 22 heavy (non-hydrogen) atoms. The first kappa shape index (κ1) is 18.8. The first-order chi connectivity index (χ1) is 10.0. The van der Waals surface area contributed by atoms with Gasteiger partial charge in [0.05, 0.1) is 6.61 Å². The van der Waals surface area contributed by atoms with Crippen LogP contribution < -0.4 is 15.8 Å². The van der Waals surface area contributed by atoms with Gasteiger partial charge in [-0.05, 0) is 36.8 Å². The number of ether oxygens (including phenoxy) is 1. The molecule has 0 radical (unpaired) electrons. The zero-order valence-corrected chi connectivity index (χ0v) is 14.2. The van der Waals surface area contributed by atoms with Crippen LogP contribution in [-0.4, -0.2) is 18.6 Å². The molecule has 3 N–H and O–H groups in total. The Morgan fingerprint density at radius 2 is 2.18 bits per heavy atom. The first-order valence-corrected chi connectivity index (χ1v) is 7.83. The van der Waals surface area contributed by atoms with Crippen molar-refractivity contribution < 1.29 is 9.53 Å². The Balaban J connectivity index is 0.00000242. The minimum atomic E-state index is 0. The Hall–Kier alpha value is -1.26. The molecule has 124 valence electrons. The molecule has 1 aliphatic rings. The summed E-state index contributed by atoms with van der Waals surface area (Å²) in [6, 6.07) is 7.73. The van der Waals surface area contributed by atoms with Gasteiger partial charge in [-0.25, -0.2) is 0 Å². The molecule has 0 aliphatic heterocycles. The molecule has 0 bridgehead atoms. The van der Waals surface area contributed by atoms with Crippen LogP contribution in [0.25, 0.3) is 0 Å². The summed E-state index contributed by atoms with van der Waals surface area (Å²) in [5.74, 6) is 1.63. The van der Waals surface area contributed by atoms with E-state index in [1.165, 1.54) is 0 Å². The molecule has 5 heteroatoms. The molecule has 0 heterocycles. The minimum Gasteiger partial charge on any atom is -0.493 e. The number of nitrogens with one attached hydrogen (secondary N) is 1. The van der Waals surface area contributed by atoms with Crippen LogP contribution in [-0.2, 0) is 4.79 Å². The van der Waals surface area contributed by atoms with E-state index in [2.05, 4.69) is 19.2 Å². The quantitative estimate of drug-likeness (QED) is 0.839. The van der Waals surface area contributed by atoms with Crippen LogP contribution >= 0.6 is 12.4 Å². The highest BCUT2D eigenvalue weighted by Gasteiger charge is 2.25. The summed E-state index contributed by atoms with van der Waals surface area (Å²) in [5, 5.41) is 2.94. The van der Waals surface area contributed by atoms with Gasteiger partial charge in [-0.2, -0.15) is 0 Å². The molecule has 0 unspecified atom stereocenters. The average Bonchev–Trinajstić information content (AvgIpc) is 2.82. The van der Waals surface area contributed by atoms with Gasteiger partial charge in [-0.1, -0.05) is 26.3 Å². The third-order valence-corrected chi connectivity index (χ3v) is 3.87. The summed E-state index contributed by atoms with van der Waals surface area (Å²) >= 11 is 0. The number of anilines is 1. The molecule has 2 atom stereocenters. The second-order valence-electron chi connectivity index (χ2n) is 6.34. The summed E-state index contributed by atoms with van der Waals surface area (Å²) in [7, 11) is 0. The van der Waals surface area contributed by atoms with Crippen LogP contribution in [0.2, 0.25) is 0 Å². The van der Waals surface area contributed by atoms with Gasteiger partial charge in [-0.15, -0.1) is 12.4 Å². The highest BCUT2D eigenvalue weighted by molar-refractivity contribution is 5.91. The lowest BCUT2D eigenvalue weighted by molar-refractivity contribution is -0.117. The van der Waals surface area contributed by atoms with E-state index in [1.54, 1.807) is 0 Å². The van der Waals surface area contributed by atoms with E-state index in [1.807, 2.05) is 24.3 Å². The number of carbonyl (C=O) groups is 1. The Morgan fingerprint density at radius 3 is 2.82 bits per heavy atom. The van der Waals surface area contributed by atoms with Crippen LogP contribution in [0.3, 0.4) is 0 Å². The van der Waals surface area contributed by atoms with Gasteiger partial charge in [0.25, 0.3) is 0 Å². The molecule has 1 aromatic carbocycles. The van der Waals surface area contributed by atoms with Crippen molar-refractivity contribution in [1.29, 1.82) is 0 Å². The number of rotatable bonds is 6. The van der Waals surface area contributed by atoms with Crippen molar-refractivity contribution in [2.24, 2.45) is 17.6 Å². The molecular formula is C17H27ClN2O2. The lowest BCUT2D eigenvalue weighted by atomic mass is 10.00. The highest BCUT2D eigenvalue weighted by atomic mass is 35.5. The van der Waals surface area contributed by atoms with E-state index < -0.39 is 0 Å². The van der Waals surface area contributed by atoms with Gasteiger partial charge in [-0.3, -0.25) is 4.79 Å². The number of amides is 1. The van der Waals surface area contributed by atoms with Crippen LogP contribution in [0.5, 0.6) is 5.75 Å². The molecule has 1 amide bonds. The van der Waals surface area contributed by atoms with Crippen molar-refractivity contribution in [3.63, 3.8) is 0 Å². The fourth-order valence-electron chi connectivity index (χ4n) is 2.70. The van der Waals surface area contributed by atoms with E-state index in [0.29, 0.717) is 24.9 Å². The van der Waals surface area contributed by atoms with E-state index in [9.17, 15) is 4.79 Å². The maximum absolute atomic E-state index is 12.1. The monoisotopic (exact) mass is 326 g/mol. The number of benzene rings is 1. The molecule has 0 saturated heterocycles. The molecule has 2 rings (SSSR count). The van der Waals surface area contributed by atoms with Gasteiger partial charge in [0.1, 0.15) is 5.75 Å². The molecule has 1 fully saturated rings. The van der Waals surface area contributed by atoms with Crippen molar-refractivity contribution in [2.45, 2.75) is 45.6 Å². The topological polar surface area (TPSA) is 64.3 Å². The molecule has 0 spiro atoms. The second-order valence-corrected chi connectivity index (χ2v) is 6.34. The SMILES string of the molecule is CC(C)COc1cccc(NC(=O)C[C@@H]2CCC[C@H]2N)c1.Cl. The predicted octanol–water partition coefficient (Wildman–Crippen LogP) is 3.60. The molecule has 1 aliphatic carbocycles. The maximum atomic E-state index is 12.1. The van der Waals surface area contributed by atoms with Crippen LogP contribution in [0.15, 0.2) is 24.3 Å². The molecule has 4 nitrogen and oxygen atoms in total. The van der Waals surface area contributed by atoms with Crippen molar-refractivity contribution in [1.82, 2.24) is 0 Å². The van der Waals surface area contributed by atoms with Crippen LogP contribution in [0, 0.1) is 11.8 Å². The Morgan fingerprint density at radius 1 is 1.41 bits per heavy atom. The van der Waals surface area contributed by atoms with Gasteiger partial charge in [0, 0.05) is 24.2 Å². The molecule has 1 aromatic rings. The average molecular weight is 327 g/mol. The van der Waals surface area contributed by atoms with Gasteiger partial charge < -0.3 is 15.8 Å². The largest absolute Gasteiger partial charge is 0.493 e. The Bertz CT molecular complexity index is 479. The summed E-state index contributed by atoms with van der Waals surface area (Å²) in [4.78, 5) is 12.1. The summed E-state index contributed by atoms with van der Waals surface area (Å²) in [6.45, 7) is 4.89. The zero-order valence-electron chi connectivity index (χ0n) is 13.4. The lowest BCUT2D eigenvalue weighted by Gasteiger charge is -2.15. The van der Waals surface area contributed by atoms with Crippen LogP contribution in [0.4, 0.5) is 5.69 Å². The molecular weight excluding hydrogens is 300 g/mol. The fourth-order valence-corrected chi connectivity index (χ4v) is 2.70. The zero-order chi connectivity index (χ0) is 15.2. The standard InChI is InChI=1S/C17H26N2O2.ClH/c1-12(2)11-21-15-7-4-6-14(10-15)19-17(20)9-13-5-3-8-16(13)18;/h4,6-7,10,12-13,16H,3,5,8-9,11,18H2,1-2H3,(H,19,20);1H/t13-,16+;/m0./s1. The minimum absolute atomic E-state index is 0. The molecule has 0 aromatic heterocycles. The summed E-state index contributed by atoms with van der Waals surface area (Å²) in [6.07, 6.45) is 3.75. The molecule has 1 saturated carbocycles. The van der Waals surface area contributed by atoms with Crippen molar-refractivity contribution >= 4 is 24.0 Å². The third kappa shape index (κ3) is 5.85. The third-order valence-electron chi connectivity index (χ3n) is 3.87. The first-order valence-electron chi connectivity index (χ1n) is 7.83. The van der Waals surface area contributed by atoms with E-state index in [0.717, 1.165) is 30.7 Å². The smallest absolute Gasteiger partial charge is 0.224 e. The lowest BCUT2D eigenvalue weighted by Crippen LogP contribution is -2.28. The van der Waals surface area contributed by atoms with E-state index in [4.69, 9.17) is 10.5 Å². The number of carbonyl (C=O) groups excluding carboxylic acids is 1. The van der Waals surface area contributed by atoms with Crippen molar-refractivity contribution in [3.05, 3.63) is 24.3 Å². The van der Waals surface area contributed by atoms with Crippen molar-refractivity contribution in [2.75, 3.05) is 11.9 Å². The normalized spacial score (nSPS) is 20.5. The predicted molar refractivity (Wildman–Crippen MR) is 92.6 cm³/mol. The van der Waals surface area contributed by atoms with Crippen LogP contribution in [0.1, 0.15) is 39.5 Å². The highest BCUT2D eigenvalue weighted by Crippen LogP contribution is 2.27. The second kappa shape index (κ2) is 9.01. The number of halogens is 1. The van der Waals surface area contributed by atoms with E-state index in [-0.39, 0.29) is 24.4 Å². The van der Waals surface area contributed by atoms with Crippen molar-refractivity contribution in [3.8, 4) is 5.75 Å². The van der Waals surface area contributed by atoms with Gasteiger partial charge >= 0.3 is 0 Å². The maximum Gasteiger partial charge on any atom is 0.224 e. The summed E-state index contributed by atoms with van der Waals surface area (Å²) < 4.78 is 5.67. The fraction of sp³-hybridized carbons (Fsp3) is 0.588. The van der Waals surface area contributed by atoms with Gasteiger partial charge in [0.15, 0.2) is 0 Å². The Labute approximate surface area is 139 Å². The summed E-state index contributed by atoms with van der Waals surface area (Å²) in [5.41, 5.74) is 6.80. The number of nitrogens with two attached hydrogens (primary N) is 1.